The predicted molar refractivity (Wildman–Crippen MR) is 115 cm³/mol. The molecule has 6 heteroatoms. The Morgan fingerprint density at radius 3 is 2.73 bits per heavy atom. The van der Waals surface area contributed by atoms with Gasteiger partial charge in [0, 0.05) is 29.8 Å². The van der Waals surface area contributed by atoms with Gasteiger partial charge in [-0.15, -0.1) is 0 Å². The third-order valence-electron chi connectivity index (χ3n) is 4.70. The van der Waals surface area contributed by atoms with E-state index in [9.17, 15) is 4.39 Å². The van der Waals surface area contributed by atoms with Gasteiger partial charge in [0.1, 0.15) is 23.9 Å². The summed E-state index contributed by atoms with van der Waals surface area (Å²) in [6, 6.07) is 18.0. The summed E-state index contributed by atoms with van der Waals surface area (Å²) in [6.07, 6.45) is 4.55. The lowest BCUT2D eigenvalue weighted by Gasteiger charge is -2.08. The highest BCUT2D eigenvalue weighted by atomic mass is 19.1. The Morgan fingerprint density at radius 1 is 1.00 bits per heavy atom. The zero-order valence-electron chi connectivity index (χ0n) is 16.6. The van der Waals surface area contributed by atoms with Gasteiger partial charge in [0.15, 0.2) is 0 Å². The summed E-state index contributed by atoms with van der Waals surface area (Å²) in [5.74, 6) is 1.20. The van der Waals surface area contributed by atoms with Crippen LogP contribution < -0.4 is 14.8 Å². The lowest BCUT2D eigenvalue weighted by Crippen LogP contribution is -2.17. The van der Waals surface area contributed by atoms with Crippen LogP contribution in [0.15, 0.2) is 73.1 Å². The molecule has 0 spiro atoms. The SMILES string of the molecule is Fc1ccc(OCc2cc3c(OCCCNCc4cccnc4)cccc3[nH]2)cc1. The van der Waals surface area contributed by atoms with E-state index in [-0.39, 0.29) is 5.82 Å². The number of nitrogens with one attached hydrogen (secondary N) is 2. The molecular formula is C24H24FN3O2. The highest BCUT2D eigenvalue weighted by molar-refractivity contribution is 5.86. The van der Waals surface area contributed by atoms with Gasteiger partial charge >= 0.3 is 0 Å². The fraction of sp³-hybridized carbons (Fsp3) is 0.208. The molecule has 0 unspecified atom stereocenters. The minimum atomic E-state index is -0.276. The fourth-order valence-corrected chi connectivity index (χ4v) is 3.20. The van der Waals surface area contributed by atoms with Gasteiger partial charge in [-0.1, -0.05) is 12.1 Å². The van der Waals surface area contributed by atoms with Gasteiger partial charge in [-0.3, -0.25) is 4.98 Å². The zero-order valence-corrected chi connectivity index (χ0v) is 16.6. The molecule has 0 saturated heterocycles. The molecular weight excluding hydrogens is 381 g/mol. The number of nitrogens with zero attached hydrogens (tertiary/aromatic N) is 1. The van der Waals surface area contributed by atoms with Gasteiger partial charge in [0.05, 0.1) is 12.3 Å². The number of H-pyrrole nitrogens is 1. The number of fused-ring (bicyclic) bond motifs is 1. The molecule has 154 valence electrons. The van der Waals surface area contributed by atoms with Crippen LogP contribution in [0.1, 0.15) is 17.7 Å². The van der Waals surface area contributed by atoms with Crippen molar-refractivity contribution < 1.29 is 13.9 Å². The maximum absolute atomic E-state index is 13.0. The number of benzene rings is 2. The highest BCUT2D eigenvalue weighted by Gasteiger charge is 2.07. The molecule has 30 heavy (non-hydrogen) atoms. The fourth-order valence-electron chi connectivity index (χ4n) is 3.20. The van der Waals surface area contributed by atoms with Gasteiger partial charge in [-0.2, -0.15) is 0 Å². The Morgan fingerprint density at radius 2 is 1.90 bits per heavy atom. The summed E-state index contributed by atoms with van der Waals surface area (Å²) < 4.78 is 24.7. The molecule has 4 aromatic rings. The number of aromatic nitrogens is 2. The molecule has 5 nitrogen and oxygen atoms in total. The lowest BCUT2D eigenvalue weighted by atomic mass is 10.2. The van der Waals surface area contributed by atoms with E-state index < -0.39 is 0 Å². The first-order valence-electron chi connectivity index (χ1n) is 9.99. The molecule has 2 heterocycles. The molecule has 0 fully saturated rings. The average molecular weight is 405 g/mol. The Kier molecular flexibility index (Phi) is 6.57. The third kappa shape index (κ3) is 5.36. The van der Waals surface area contributed by atoms with Crippen LogP contribution in [0.3, 0.4) is 0 Å². The Balaban J connectivity index is 1.27. The molecule has 0 bridgehead atoms. The van der Waals surface area contributed by atoms with E-state index in [1.54, 1.807) is 18.3 Å². The zero-order chi connectivity index (χ0) is 20.6. The largest absolute Gasteiger partial charge is 0.493 e. The summed E-state index contributed by atoms with van der Waals surface area (Å²) in [4.78, 5) is 7.46. The van der Waals surface area contributed by atoms with Gasteiger partial charge in [0.2, 0.25) is 0 Å². The normalized spacial score (nSPS) is 11.0. The van der Waals surface area contributed by atoms with E-state index >= 15 is 0 Å². The third-order valence-corrected chi connectivity index (χ3v) is 4.70. The number of hydrogen-bond acceptors (Lipinski definition) is 4. The van der Waals surface area contributed by atoms with Crippen molar-refractivity contribution in [3.05, 3.63) is 90.1 Å². The topological polar surface area (TPSA) is 59.2 Å². The number of rotatable bonds is 10. The first-order chi connectivity index (χ1) is 14.8. The van der Waals surface area contributed by atoms with Crippen molar-refractivity contribution in [1.29, 1.82) is 0 Å². The van der Waals surface area contributed by atoms with E-state index in [0.29, 0.717) is 19.0 Å². The van der Waals surface area contributed by atoms with Crippen LogP contribution >= 0.6 is 0 Å². The molecule has 0 aliphatic carbocycles. The van der Waals surface area contributed by atoms with Crippen molar-refractivity contribution in [2.24, 2.45) is 0 Å². The van der Waals surface area contributed by atoms with Crippen LogP contribution in [0.5, 0.6) is 11.5 Å². The lowest BCUT2D eigenvalue weighted by molar-refractivity contribution is 0.302. The monoisotopic (exact) mass is 405 g/mol. The maximum atomic E-state index is 13.0. The average Bonchev–Trinajstić information content (AvgIpc) is 3.20. The van der Waals surface area contributed by atoms with Crippen molar-refractivity contribution in [2.45, 2.75) is 19.6 Å². The maximum Gasteiger partial charge on any atom is 0.128 e. The van der Waals surface area contributed by atoms with Crippen molar-refractivity contribution in [3.8, 4) is 11.5 Å². The summed E-state index contributed by atoms with van der Waals surface area (Å²) in [5, 5.41) is 4.43. The summed E-state index contributed by atoms with van der Waals surface area (Å²) in [7, 11) is 0. The minimum Gasteiger partial charge on any atom is -0.493 e. The number of pyridine rings is 1. The molecule has 0 amide bonds. The molecule has 0 aliphatic rings. The molecule has 4 rings (SSSR count). The van der Waals surface area contributed by atoms with Crippen LogP contribution in [-0.4, -0.2) is 23.1 Å². The molecule has 0 saturated carbocycles. The van der Waals surface area contributed by atoms with E-state index in [2.05, 4.69) is 21.4 Å². The van der Waals surface area contributed by atoms with Gasteiger partial charge in [0.25, 0.3) is 0 Å². The number of halogens is 1. The summed E-state index contributed by atoms with van der Waals surface area (Å²) in [5.41, 5.74) is 3.11. The van der Waals surface area contributed by atoms with Crippen molar-refractivity contribution in [1.82, 2.24) is 15.3 Å². The molecule has 2 aromatic heterocycles. The summed E-state index contributed by atoms with van der Waals surface area (Å²) >= 11 is 0. The molecule has 0 radical (unpaired) electrons. The Hall–Kier alpha value is -3.38. The first-order valence-corrected chi connectivity index (χ1v) is 9.99. The van der Waals surface area contributed by atoms with Gasteiger partial charge in [-0.25, -0.2) is 4.39 Å². The molecule has 2 N–H and O–H groups in total. The number of aromatic amines is 1. The van der Waals surface area contributed by atoms with E-state index in [0.717, 1.165) is 41.9 Å². The Bertz CT molecular complexity index is 1060. The van der Waals surface area contributed by atoms with Gasteiger partial charge < -0.3 is 19.8 Å². The number of ether oxygens (including phenoxy) is 2. The minimum absolute atomic E-state index is 0.276. The van der Waals surface area contributed by atoms with Crippen LogP contribution in [0.2, 0.25) is 0 Å². The highest BCUT2D eigenvalue weighted by Crippen LogP contribution is 2.27. The Labute approximate surface area is 174 Å². The van der Waals surface area contributed by atoms with Crippen molar-refractivity contribution >= 4 is 10.9 Å². The quantitative estimate of drug-likeness (QED) is 0.371. The van der Waals surface area contributed by atoms with Crippen LogP contribution in [0.25, 0.3) is 10.9 Å². The van der Waals surface area contributed by atoms with Crippen LogP contribution in [0.4, 0.5) is 4.39 Å². The first kappa shape index (κ1) is 19.9. The second-order valence-electron chi connectivity index (χ2n) is 6.99. The summed E-state index contributed by atoms with van der Waals surface area (Å²) in [6.45, 7) is 2.68. The number of hydrogen-bond donors (Lipinski definition) is 2. The molecule has 0 aliphatic heterocycles. The van der Waals surface area contributed by atoms with Crippen molar-refractivity contribution in [3.63, 3.8) is 0 Å². The van der Waals surface area contributed by atoms with E-state index in [1.165, 1.54) is 17.7 Å². The van der Waals surface area contributed by atoms with Crippen molar-refractivity contribution in [2.75, 3.05) is 13.2 Å². The van der Waals surface area contributed by atoms with Crippen LogP contribution in [-0.2, 0) is 13.2 Å². The standard InChI is InChI=1S/C24H24FN3O2/c25-19-7-9-21(10-8-19)30-17-20-14-22-23(28-20)5-1-6-24(22)29-13-3-12-27-16-18-4-2-11-26-15-18/h1-2,4-11,14-15,27-28H,3,12-13,16-17H2. The van der Waals surface area contributed by atoms with Gasteiger partial charge in [-0.05, 0) is 67.1 Å². The second-order valence-corrected chi connectivity index (χ2v) is 6.99. The molecule has 2 aromatic carbocycles. The predicted octanol–water partition coefficient (Wildman–Crippen LogP) is 4.84. The van der Waals surface area contributed by atoms with E-state index in [1.807, 2.05) is 36.5 Å². The second kappa shape index (κ2) is 9.89. The smallest absolute Gasteiger partial charge is 0.128 e. The van der Waals surface area contributed by atoms with Crippen LogP contribution in [0, 0.1) is 5.82 Å². The molecule has 0 atom stereocenters. The van der Waals surface area contributed by atoms with E-state index in [4.69, 9.17) is 9.47 Å².